The number of pyridine rings is 1. The molecule has 4 heterocycles. The van der Waals surface area contributed by atoms with Crippen LogP contribution in [0.1, 0.15) is 30.1 Å². The molecule has 3 nitrogen and oxygen atoms in total. The second kappa shape index (κ2) is 8.79. The molecule has 1 aromatic heterocycles. The van der Waals surface area contributed by atoms with Gasteiger partial charge in [0.15, 0.2) is 0 Å². The van der Waals surface area contributed by atoms with E-state index < -0.39 is 6.10 Å². The number of rotatable bonds is 5. The highest BCUT2D eigenvalue weighted by Crippen LogP contribution is 2.49. The zero-order valence-corrected chi connectivity index (χ0v) is 21.1. The van der Waals surface area contributed by atoms with Crippen molar-refractivity contribution in [3.05, 3.63) is 115 Å². The van der Waals surface area contributed by atoms with Gasteiger partial charge in [-0.25, -0.2) is 0 Å². The number of aliphatic hydroxyl groups is 1. The normalized spacial score (nSPS) is 26.0. The first kappa shape index (κ1) is 22.7. The number of hydrogen-bond acceptors (Lipinski definition) is 2. The monoisotopic (exact) mass is 485 g/mol. The molecular formula is C34H33N2O+. The van der Waals surface area contributed by atoms with E-state index in [0.717, 1.165) is 47.0 Å². The van der Waals surface area contributed by atoms with Crippen molar-refractivity contribution in [1.82, 2.24) is 4.98 Å². The number of nitrogens with zero attached hydrogens (tertiary/aromatic N) is 2. The summed E-state index contributed by atoms with van der Waals surface area (Å²) in [5, 5.41) is 18.4. The lowest BCUT2D eigenvalue weighted by molar-refractivity contribution is -0.984. The van der Waals surface area contributed by atoms with E-state index >= 15 is 0 Å². The number of benzene rings is 4. The SMILES string of the molecule is C=C[C@H]1C[N+]2(Cc3c4ccccc4cc4ccccc34)CC[C@H]1C[C@H]2C(O)c1ccnc2ccccc12. The number of piperidine rings is 3. The van der Waals surface area contributed by atoms with Crippen molar-refractivity contribution >= 4 is 32.4 Å². The van der Waals surface area contributed by atoms with Crippen LogP contribution < -0.4 is 0 Å². The number of aromatic nitrogens is 1. The first-order valence-electron chi connectivity index (χ1n) is 13.6. The molecule has 1 N–H and O–H groups in total. The Morgan fingerprint density at radius 1 is 0.919 bits per heavy atom. The summed E-state index contributed by atoms with van der Waals surface area (Å²) >= 11 is 0. The Morgan fingerprint density at radius 3 is 2.32 bits per heavy atom. The number of hydrogen-bond donors (Lipinski definition) is 1. The molecule has 8 rings (SSSR count). The third-order valence-electron chi connectivity index (χ3n) is 9.40. The second-order valence-electron chi connectivity index (χ2n) is 11.2. The van der Waals surface area contributed by atoms with Crippen LogP contribution in [0, 0.1) is 11.8 Å². The zero-order valence-electron chi connectivity index (χ0n) is 21.1. The van der Waals surface area contributed by atoms with E-state index in [0.29, 0.717) is 11.8 Å². The molecule has 3 fully saturated rings. The van der Waals surface area contributed by atoms with E-state index in [9.17, 15) is 5.11 Å². The molecule has 0 saturated carbocycles. The molecular weight excluding hydrogens is 452 g/mol. The molecule has 0 radical (unpaired) electrons. The number of para-hydroxylation sites is 1. The Kier molecular flexibility index (Phi) is 5.38. The third kappa shape index (κ3) is 3.60. The average molecular weight is 486 g/mol. The summed E-state index contributed by atoms with van der Waals surface area (Å²) in [7, 11) is 0. The van der Waals surface area contributed by atoms with Gasteiger partial charge in [0.2, 0.25) is 0 Å². The summed E-state index contributed by atoms with van der Waals surface area (Å²) in [5.74, 6) is 1.09. The lowest BCUT2D eigenvalue weighted by atomic mass is 9.71. The highest BCUT2D eigenvalue weighted by atomic mass is 16.3. The van der Waals surface area contributed by atoms with E-state index in [2.05, 4.69) is 78.3 Å². The van der Waals surface area contributed by atoms with E-state index in [4.69, 9.17) is 0 Å². The molecule has 3 heteroatoms. The van der Waals surface area contributed by atoms with Gasteiger partial charge < -0.3 is 9.59 Å². The molecule has 0 amide bonds. The van der Waals surface area contributed by atoms with Crippen LogP contribution in [0.5, 0.6) is 0 Å². The predicted octanol–water partition coefficient (Wildman–Crippen LogP) is 7.19. The van der Waals surface area contributed by atoms with E-state index in [-0.39, 0.29) is 6.04 Å². The van der Waals surface area contributed by atoms with Crippen LogP contribution in [0.3, 0.4) is 0 Å². The van der Waals surface area contributed by atoms with Crippen LogP contribution in [-0.2, 0) is 6.54 Å². The van der Waals surface area contributed by atoms with Gasteiger partial charge >= 0.3 is 0 Å². The molecule has 2 unspecified atom stereocenters. The van der Waals surface area contributed by atoms with Gasteiger partial charge in [0.05, 0.1) is 18.6 Å². The Hall–Kier alpha value is -3.53. The number of fused-ring (bicyclic) bond motifs is 6. The van der Waals surface area contributed by atoms with Gasteiger partial charge in [-0.15, -0.1) is 6.58 Å². The van der Waals surface area contributed by atoms with Crippen molar-refractivity contribution in [2.24, 2.45) is 11.8 Å². The molecule has 5 aromatic rings. The quantitative estimate of drug-likeness (QED) is 0.162. The summed E-state index contributed by atoms with van der Waals surface area (Å²) in [5.41, 5.74) is 3.37. The van der Waals surface area contributed by atoms with Gasteiger partial charge in [0.1, 0.15) is 18.7 Å². The van der Waals surface area contributed by atoms with E-state index in [1.807, 2.05) is 30.5 Å². The van der Waals surface area contributed by atoms with E-state index in [1.165, 1.54) is 33.5 Å². The van der Waals surface area contributed by atoms with E-state index in [1.54, 1.807) is 0 Å². The lowest BCUT2D eigenvalue weighted by Crippen LogP contribution is -2.67. The Bertz CT molecular complexity index is 1580. The summed E-state index contributed by atoms with van der Waals surface area (Å²) in [6, 6.07) is 30.3. The molecule has 3 saturated heterocycles. The molecule has 3 aliphatic rings. The van der Waals surface area contributed by atoms with Crippen molar-refractivity contribution in [2.75, 3.05) is 13.1 Å². The highest BCUT2D eigenvalue weighted by molar-refractivity contribution is 6.02. The zero-order chi connectivity index (χ0) is 25.0. The molecule has 2 bridgehead atoms. The molecule has 0 spiro atoms. The first-order valence-corrected chi connectivity index (χ1v) is 13.6. The van der Waals surface area contributed by atoms with Crippen LogP contribution in [0.2, 0.25) is 0 Å². The predicted molar refractivity (Wildman–Crippen MR) is 152 cm³/mol. The lowest BCUT2D eigenvalue weighted by Gasteiger charge is -2.58. The van der Waals surface area contributed by atoms with Gasteiger partial charge in [-0.05, 0) is 51.2 Å². The topological polar surface area (TPSA) is 33.1 Å². The number of aliphatic hydroxyl groups excluding tert-OH is 1. The summed E-state index contributed by atoms with van der Waals surface area (Å²) < 4.78 is 0.906. The Balaban J connectivity index is 1.39. The fraction of sp³-hybridized carbons (Fsp3) is 0.265. The van der Waals surface area contributed by atoms with Crippen molar-refractivity contribution in [2.45, 2.75) is 31.5 Å². The van der Waals surface area contributed by atoms with Crippen LogP contribution in [-0.4, -0.2) is 33.7 Å². The van der Waals surface area contributed by atoms with Gasteiger partial charge in [-0.3, -0.25) is 4.98 Å². The van der Waals surface area contributed by atoms with Crippen molar-refractivity contribution < 1.29 is 9.59 Å². The van der Waals surface area contributed by atoms with Crippen molar-refractivity contribution in [1.29, 1.82) is 0 Å². The molecule has 5 atom stereocenters. The fourth-order valence-corrected chi connectivity index (χ4v) is 7.56. The van der Waals surface area contributed by atoms with Crippen molar-refractivity contribution in [3.8, 4) is 0 Å². The summed E-state index contributed by atoms with van der Waals surface area (Å²) in [4.78, 5) is 4.57. The molecule has 4 aromatic carbocycles. The maximum atomic E-state index is 12.1. The van der Waals surface area contributed by atoms with Crippen LogP contribution in [0.15, 0.2) is 104 Å². The molecule has 0 aliphatic carbocycles. The van der Waals surface area contributed by atoms with Crippen LogP contribution >= 0.6 is 0 Å². The first-order chi connectivity index (χ1) is 18.2. The third-order valence-corrected chi connectivity index (χ3v) is 9.40. The minimum atomic E-state index is -0.539. The number of quaternary nitrogens is 1. The Labute approximate surface area is 218 Å². The summed E-state index contributed by atoms with van der Waals surface area (Å²) in [6.07, 6.45) is 5.72. The molecule has 184 valence electrons. The average Bonchev–Trinajstić information content (AvgIpc) is 2.96. The van der Waals surface area contributed by atoms with Crippen LogP contribution in [0.4, 0.5) is 0 Å². The largest absolute Gasteiger partial charge is 0.382 e. The van der Waals surface area contributed by atoms with Gasteiger partial charge in [-0.1, -0.05) is 72.8 Å². The smallest absolute Gasteiger partial charge is 0.131 e. The maximum Gasteiger partial charge on any atom is 0.131 e. The van der Waals surface area contributed by atoms with Crippen LogP contribution in [0.25, 0.3) is 32.4 Å². The fourth-order valence-electron chi connectivity index (χ4n) is 7.56. The standard InChI is InChI=1S/C34H33N2O/c1-2-23-21-36(22-31-27-11-5-3-9-25(27)19-26-10-4-6-12-28(26)31)18-16-24(23)20-33(36)34(37)30-15-17-35-32-14-8-7-13-29(30)32/h2-15,17,19,23-24,33-34,37H,1,16,18,20-22H2/q+1/t23-,24-,33-,34?,36?/m0/s1. The van der Waals surface area contributed by atoms with Gasteiger partial charge in [-0.2, -0.15) is 0 Å². The minimum Gasteiger partial charge on any atom is -0.382 e. The van der Waals surface area contributed by atoms with Gasteiger partial charge in [0.25, 0.3) is 0 Å². The maximum absolute atomic E-state index is 12.1. The van der Waals surface area contributed by atoms with Crippen molar-refractivity contribution in [3.63, 3.8) is 0 Å². The summed E-state index contributed by atoms with van der Waals surface area (Å²) in [6.45, 7) is 7.28. The minimum absolute atomic E-state index is 0.137. The molecule has 37 heavy (non-hydrogen) atoms. The molecule has 3 aliphatic heterocycles. The Morgan fingerprint density at radius 2 is 1.59 bits per heavy atom. The highest BCUT2D eigenvalue weighted by Gasteiger charge is 2.54. The second-order valence-corrected chi connectivity index (χ2v) is 11.2. The van der Waals surface area contributed by atoms with Gasteiger partial charge in [0, 0.05) is 35.9 Å².